The molecule has 0 aliphatic carbocycles. The fraction of sp³-hybridized carbons (Fsp3) is 0.115. The number of halogens is 4. The first-order chi connectivity index (χ1) is 18.7. The maximum atomic E-state index is 13.9. The molecule has 13 heteroatoms. The molecule has 0 atom stereocenters. The van der Waals surface area contributed by atoms with Crippen molar-refractivity contribution in [1.29, 1.82) is 0 Å². The molecule has 6 aromatic rings. The Morgan fingerprint density at radius 1 is 0.897 bits per heavy atom. The van der Waals surface area contributed by atoms with E-state index in [0.29, 0.717) is 43.2 Å². The molecule has 0 spiro atoms. The second-order valence-electron chi connectivity index (χ2n) is 8.28. The molecular formula is C26H16F4N4O2S3. The minimum absolute atomic E-state index is 0.0842. The molecule has 0 fully saturated rings. The van der Waals surface area contributed by atoms with Gasteiger partial charge >= 0.3 is 5.51 Å². The molecule has 198 valence electrons. The van der Waals surface area contributed by atoms with Gasteiger partial charge in [0.15, 0.2) is 16.0 Å². The van der Waals surface area contributed by atoms with Crippen LogP contribution in [0.2, 0.25) is 0 Å². The number of hydrogen-bond acceptors (Lipinski definition) is 9. The predicted octanol–water partition coefficient (Wildman–Crippen LogP) is 8.66. The lowest BCUT2D eigenvalue weighted by Crippen LogP contribution is -2.15. The van der Waals surface area contributed by atoms with Gasteiger partial charge in [0.25, 0.3) is 0 Å². The number of thiazole rings is 2. The van der Waals surface area contributed by atoms with Crippen LogP contribution in [0.25, 0.3) is 31.7 Å². The molecule has 0 bridgehead atoms. The van der Waals surface area contributed by atoms with E-state index >= 15 is 0 Å². The quantitative estimate of drug-likeness (QED) is 0.137. The molecule has 0 N–H and O–H groups in total. The molecule has 3 aromatic heterocycles. The van der Waals surface area contributed by atoms with E-state index in [2.05, 4.69) is 5.16 Å². The molecule has 6 rings (SSSR count). The van der Waals surface area contributed by atoms with Gasteiger partial charge in [-0.1, -0.05) is 40.0 Å². The standard InChI is InChI=1S/C26H16F4N4O2S3/c1-35-16-5-9-20-23(12-16)38-25(32-20)34(24-31-19-8-4-15(27)10-22(19)37-24)13-17-11-21(33-36-17)14-2-6-18(7-3-14)39-26(28,29)30/h2-12H,13H2,1H3. The van der Waals surface area contributed by atoms with E-state index in [9.17, 15) is 17.6 Å². The topological polar surface area (TPSA) is 64.3 Å². The van der Waals surface area contributed by atoms with Crippen molar-refractivity contribution in [3.8, 4) is 17.0 Å². The number of thioether (sulfide) groups is 1. The SMILES string of the molecule is COc1ccc2nc(N(Cc3cc(-c4ccc(SC(F)(F)F)cc4)no3)c3nc4ccc(F)cc4s3)sc2c1. The second kappa shape index (κ2) is 10.1. The van der Waals surface area contributed by atoms with E-state index in [1.807, 2.05) is 23.1 Å². The van der Waals surface area contributed by atoms with E-state index in [-0.39, 0.29) is 29.0 Å². The van der Waals surface area contributed by atoms with Crippen molar-refractivity contribution in [3.63, 3.8) is 0 Å². The van der Waals surface area contributed by atoms with Crippen LogP contribution in [0.4, 0.5) is 27.8 Å². The van der Waals surface area contributed by atoms with Gasteiger partial charge in [-0.2, -0.15) is 13.2 Å². The van der Waals surface area contributed by atoms with Gasteiger partial charge in [-0.25, -0.2) is 14.4 Å². The van der Waals surface area contributed by atoms with E-state index < -0.39 is 5.51 Å². The third kappa shape index (κ3) is 5.56. The molecule has 3 heterocycles. The van der Waals surface area contributed by atoms with Gasteiger partial charge in [0.1, 0.15) is 17.3 Å². The van der Waals surface area contributed by atoms with Crippen molar-refractivity contribution in [3.05, 3.63) is 78.3 Å². The Balaban J connectivity index is 1.34. The van der Waals surface area contributed by atoms with Crippen molar-refractivity contribution in [2.24, 2.45) is 0 Å². The van der Waals surface area contributed by atoms with Crippen LogP contribution < -0.4 is 9.64 Å². The van der Waals surface area contributed by atoms with Gasteiger partial charge in [0.05, 0.1) is 34.1 Å². The Labute approximate surface area is 230 Å². The Morgan fingerprint density at radius 3 is 2.23 bits per heavy atom. The van der Waals surface area contributed by atoms with Crippen LogP contribution in [0.3, 0.4) is 0 Å². The first kappa shape index (κ1) is 25.6. The van der Waals surface area contributed by atoms with Crippen LogP contribution in [-0.4, -0.2) is 27.7 Å². The number of alkyl halides is 3. The van der Waals surface area contributed by atoms with Gasteiger partial charge in [-0.05, 0) is 60.3 Å². The highest BCUT2D eigenvalue weighted by Crippen LogP contribution is 2.40. The monoisotopic (exact) mass is 588 g/mol. The van der Waals surface area contributed by atoms with Crippen LogP contribution in [0.15, 0.2) is 76.1 Å². The summed E-state index contributed by atoms with van der Waals surface area (Å²) in [6.07, 6.45) is 0. The van der Waals surface area contributed by atoms with Gasteiger partial charge in [-0.15, -0.1) is 0 Å². The molecular weight excluding hydrogens is 573 g/mol. The predicted molar refractivity (Wildman–Crippen MR) is 145 cm³/mol. The van der Waals surface area contributed by atoms with Gasteiger partial charge < -0.3 is 9.26 Å². The molecule has 0 saturated carbocycles. The number of anilines is 2. The maximum Gasteiger partial charge on any atom is 0.446 e. The zero-order valence-corrected chi connectivity index (χ0v) is 22.3. The largest absolute Gasteiger partial charge is 0.497 e. The van der Waals surface area contributed by atoms with E-state index in [1.165, 1.54) is 46.9 Å². The zero-order chi connectivity index (χ0) is 27.1. The normalized spacial score (nSPS) is 11.9. The summed E-state index contributed by atoms with van der Waals surface area (Å²) in [5.41, 5.74) is -1.83. The average Bonchev–Trinajstić information content (AvgIpc) is 3.64. The van der Waals surface area contributed by atoms with Crippen LogP contribution >= 0.6 is 34.4 Å². The minimum Gasteiger partial charge on any atom is -0.497 e. The maximum absolute atomic E-state index is 13.9. The van der Waals surface area contributed by atoms with Crippen molar-refractivity contribution < 1.29 is 26.8 Å². The number of nitrogens with zero attached hydrogens (tertiary/aromatic N) is 4. The molecule has 0 unspecified atom stereocenters. The molecule has 39 heavy (non-hydrogen) atoms. The Hall–Kier alpha value is -3.68. The number of methoxy groups -OCH3 is 1. The van der Waals surface area contributed by atoms with E-state index in [4.69, 9.17) is 19.2 Å². The van der Waals surface area contributed by atoms with Gasteiger partial charge in [0.2, 0.25) is 0 Å². The molecule has 0 aliphatic heterocycles. The first-order valence-electron chi connectivity index (χ1n) is 11.3. The number of ether oxygens (including phenoxy) is 1. The fourth-order valence-corrected chi connectivity index (χ4v) is 6.44. The Kier molecular flexibility index (Phi) is 6.65. The molecule has 0 amide bonds. The van der Waals surface area contributed by atoms with Crippen molar-refractivity contribution in [2.45, 2.75) is 16.9 Å². The van der Waals surface area contributed by atoms with Crippen molar-refractivity contribution in [2.75, 3.05) is 12.0 Å². The number of hydrogen-bond donors (Lipinski definition) is 0. The van der Waals surface area contributed by atoms with Crippen LogP contribution in [0.1, 0.15) is 5.76 Å². The highest BCUT2D eigenvalue weighted by Gasteiger charge is 2.29. The summed E-state index contributed by atoms with van der Waals surface area (Å²) in [6, 6.07) is 17.7. The number of rotatable bonds is 7. The first-order valence-corrected chi connectivity index (χ1v) is 13.8. The number of benzene rings is 3. The summed E-state index contributed by atoms with van der Waals surface area (Å²) < 4.78 is 64.4. The lowest BCUT2D eigenvalue weighted by molar-refractivity contribution is -0.0328. The van der Waals surface area contributed by atoms with Crippen molar-refractivity contribution >= 4 is 65.1 Å². The summed E-state index contributed by atoms with van der Waals surface area (Å²) in [4.78, 5) is 11.4. The minimum atomic E-state index is -4.36. The summed E-state index contributed by atoms with van der Waals surface area (Å²) in [5, 5.41) is 5.35. The number of fused-ring (bicyclic) bond motifs is 2. The summed E-state index contributed by atoms with van der Waals surface area (Å²) in [6.45, 7) is 0.217. The highest BCUT2D eigenvalue weighted by atomic mass is 32.2. The zero-order valence-electron chi connectivity index (χ0n) is 19.9. The van der Waals surface area contributed by atoms with Gasteiger partial charge in [-0.3, -0.25) is 4.90 Å². The van der Waals surface area contributed by atoms with Gasteiger partial charge in [0, 0.05) is 16.5 Å². The fourth-order valence-electron chi connectivity index (χ4n) is 3.86. The summed E-state index contributed by atoms with van der Waals surface area (Å²) in [5.74, 6) is 0.844. The smallest absolute Gasteiger partial charge is 0.446 e. The van der Waals surface area contributed by atoms with E-state index in [0.717, 1.165) is 10.2 Å². The Bertz CT molecular complexity index is 1780. The molecule has 0 saturated heterocycles. The summed E-state index contributed by atoms with van der Waals surface area (Å²) >= 11 is 2.59. The number of aromatic nitrogens is 3. The molecule has 0 aliphatic rings. The third-order valence-corrected chi connectivity index (χ3v) is 8.46. The molecule has 3 aromatic carbocycles. The summed E-state index contributed by atoms with van der Waals surface area (Å²) in [7, 11) is 1.60. The lowest BCUT2D eigenvalue weighted by atomic mass is 10.1. The second-order valence-corrected chi connectivity index (χ2v) is 11.4. The molecule has 0 radical (unpaired) electrons. The third-order valence-electron chi connectivity index (χ3n) is 5.64. The Morgan fingerprint density at radius 2 is 1.56 bits per heavy atom. The van der Waals surface area contributed by atoms with Crippen LogP contribution in [0.5, 0.6) is 5.75 Å². The van der Waals surface area contributed by atoms with Crippen LogP contribution in [0, 0.1) is 5.82 Å². The average molecular weight is 589 g/mol. The van der Waals surface area contributed by atoms with Crippen molar-refractivity contribution in [1.82, 2.24) is 15.1 Å². The van der Waals surface area contributed by atoms with Crippen LogP contribution in [-0.2, 0) is 6.54 Å². The lowest BCUT2D eigenvalue weighted by Gasteiger charge is -2.16. The molecule has 6 nitrogen and oxygen atoms in total. The van der Waals surface area contributed by atoms with E-state index in [1.54, 1.807) is 31.4 Å². The highest BCUT2D eigenvalue weighted by molar-refractivity contribution is 8.00.